The Balaban J connectivity index is 2.31. The van der Waals surface area contributed by atoms with Crippen molar-refractivity contribution in [3.05, 3.63) is 34.9 Å². The van der Waals surface area contributed by atoms with E-state index in [1.807, 2.05) is 12.1 Å². The van der Waals surface area contributed by atoms with E-state index in [-0.39, 0.29) is 5.91 Å². The molecule has 0 aromatic heterocycles. The molecular weight excluding hydrogens is 186 g/mol. The third-order valence-corrected chi connectivity index (χ3v) is 3.13. The van der Waals surface area contributed by atoms with Gasteiger partial charge in [-0.2, -0.15) is 0 Å². The van der Waals surface area contributed by atoms with Gasteiger partial charge in [-0.15, -0.1) is 0 Å². The van der Waals surface area contributed by atoms with Gasteiger partial charge in [0.15, 0.2) is 0 Å². The molecule has 0 spiro atoms. The zero-order chi connectivity index (χ0) is 10.7. The third kappa shape index (κ3) is 2.38. The molecule has 2 nitrogen and oxygen atoms in total. The second-order valence-electron chi connectivity index (χ2n) is 4.26. The highest BCUT2D eigenvalue weighted by Gasteiger charge is 2.09. The number of aryl methyl sites for hydroxylation is 2. The fourth-order valence-corrected chi connectivity index (χ4v) is 2.24. The number of carbonyl (C=O) groups excluding carboxylic acids is 1. The van der Waals surface area contributed by atoms with Gasteiger partial charge in [-0.1, -0.05) is 18.9 Å². The molecule has 2 heteroatoms. The zero-order valence-corrected chi connectivity index (χ0v) is 8.96. The molecule has 0 aliphatic heterocycles. The summed E-state index contributed by atoms with van der Waals surface area (Å²) in [6, 6.07) is 5.90. The van der Waals surface area contributed by atoms with Crippen LogP contribution in [-0.4, -0.2) is 5.91 Å². The Morgan fingerprint density at radius 2 is 1.67 bits per heavy atom. The lowest BCUT2D eigenvalue weighted by Gasteiger charge is -2.14. The number of rotatable bonds is 1. The normalized spacial score (nSPS) is 16.3. The standard InChI is InChI=1S/C13H17NO/c14-13(15)12-8-7-10-5-3-1-2-4-6-11(10)9-12/h7-9H,1-6H2,(H2,14,15). The molecule has 1 aliphatic carbocycles. The average Bonchev–Trinajstić information content (AvgIpc) is 2.18. The molecule has 2 N–H and O–H groups in total. The second kappa shape index (κ2) is 4.47. The highest BCUT2D eigenvalue weighted by Crippen LogP contribution is 2.21. The maximum Gasteiger partial charge on any atom is 0.248 e. The van der Waals surface area contributed by atoms with Gasteiger partial charge in [-0.05, 0) is 48.9 Å². The van der Waals surface area contributed by atoms with Gasteiger partial charge in [0.05, 0.1) is 0 Å². The van der Waals surface area contributed by atoms with Gasteiger partial charge in [-0.3, -0.25) is 4.79 Å². The van der Waals surface area contributed by atoms with E-state index in [9.17, 15) is 4.79 Å². The summed E-state index contributed by atoms with van der Waals surface area (Å²) in [7, 11) is 0. The molecule has 80 valence electrons. The fourth-order valence-electron chi connectivity index (χ4n) is 2.24. The van der Waals surface area contributed by atoms with Crippen molar-refractivity contribution in [1.29, 1.82) is 0 Å². The molecule has 0 saturated carbocycles. The number of fused-ring (bicyclic) bond motifs is 1. The molecule has 0 bridgehead atoms. The molecule has 1 aromatic carbocycles. The highest BCUT2D eigenvalue weighted by molar-refractivity contribution is 5.93. The topological polar surface area (TPSA) is 43.1 Å². The van der Waals surface area contributed by atoms with Crippen LogP contribution in [0.2, 0.25) is 0 Å². The first-order valence-corrected chi connectivity index (χ1v) is 5.69. The van der Waals surface area contributed by atoms with Crippen LogP contribution in [0.25, 0.3) is 0 Å². The molecule has 0 heterocycles. The summed E-state index contributed by atoms with van der Waals surface area (Å²) in [5, 5.41) is 0. The van der Waals surface area contributed by atoms with Crippen LogP contribution >= 0.6 is 0 Å². The Labute approximate surface area is 90.5 Å². The summed E-state index contributed by atoms with van der Waals surface area (Å²) < 4.78 is 0. The fraction of sp³-hybridized carbons (Fsp3) is 0.462. The van der Waals surface area contributed by atoms with Crippen molar-refractivity contribution in [2.45, 2.75) is 38.5 Å². The molecule has 1 aliphatic rings. The molecule has 0 saturated heterocycles. The zero-order valence-electron chi connectivity index (χ0n) is 8.96. The van der Waals surface area contributed by atoms with Gasteiger partial charge >= 0.3 is 0 Å². The lowest BCUT2D eigenvalue weighted by Crippen LogP contribution is -2.12. The number of amides is 1. The summed E-state index contributed by atoms with van der Waals surface area (Å²) in [6.45, 7) is 0. The van der Waals surface area contributed by atoms with Crippen LogP contribution in [0.5, 0.6) is 0 Å². The van der Waals surface area contributed by atoms with Crippen molar-refractivity contribution in [3.63, 3.8) is 0 Å². The summed E-state index contributed by atoms with van der Waals surface area (Å²) in [5.74, 6) is -0.320. The average molecular weight is 203 g/mol. The Hall–Kier alpha value is -1.31. The maximum absolute atomic E-state index is 11.1. The monoisotopic (exact) mass is 203 g/mol. The summed E-state index contributed by atoms with van der Waals surface area (Å²) >= 11 is 0. The molecule has 0 radical (unpaired) electrons. The number of nitrogens with two attached hydrogens (primary N) is 1. The Morgan fingerprint density at radius 1 is 1.00 bits per heavy atom. The van der Waals surface area contributed by atoms with Gasteiger partial charge < -0.3 is 5.73 Å². The minimum absolute atomic E-state index is 0.320. The van der Waals surface area contributed by atoms with Gasteiger partial charge in [0.2, 0.25) is 5.91 Å². The molecule has 0 unspecified atom stereocenters. The third-order valence-electron chi connectivity index (χ3n) is 3.13. The predicted octanol–water partition coefficient (Wildman–Crippen LogP) is 2.44. The number of hydrogen-bond donors (Lipinski definition) is 1. The lowest BCUT2D eigenvalue weighted by atomic mass is 9.92. The first kappa shape index (κ1) is 10.2. The highest BCUT2D eigenvalue weighted by atomic mass is 16.1. The number of hydrogen-bond acceptors (Lipinski definition) is 1. The summed E-state index contributed by atoms with van der Waals surface area (Å²) in [5.41, 5.74) is 8.65. The molecule has 15 heavy (non-hydrogen) atoms. The molecule has 0 atom stereocenters. The van der Waals surface area contributed by atoms with E-state index in [1.165, 1.54) is 36.8 Å². The Bertz CT molecular complexity index is 371. The number of primary amides is 1. The smallest absolute Gasteiger partial charge is 0.248 e. The second-order valence-corrected chi connectivity index (χ2v) is 4.26. The number of benzene rings is 1. The molecule has 2 rings (SSSR count). The van der Waals surface area contributed by atoms with Crippen LogP contribution in [0.1, 0.15) is 47.2 Å². The van der Waals surface area contributed by atoms with Crippen LogP contribution < -0.4 is 5.73 Å². The van der Waals surface area contributed by atoms with E-state index < -0.39 is 0 Å². The number of carbonyl (C=O) groups is 1. The van der Waals surface area contributed by atoms with E-state index in [4.69, 9.17) is 5.73 Å². The van der Waals surface area contributed by atoms with Gasteiger partial charge in [0.25, 0.3) is 0 Å². The van der Waals surface area contributed by atoms with Gasteiger partial charge in [0.1, 0.15) is 0 Å². The van der Waals surface area contributed by atoms with Crippen molar-refractivity contribution in [1.82, 2.24) is 0 Å². The van der Waals surface area contributed by atoms with Crippen LogP contribution in [0.15, 0.2) is 18.2 Å². The van der Waals surface area contributed by atoms with Gasteiger partial charge in [-0.25, -0.2) is 0 Å². The largest absolute Gasteiger partial charge is 0.366 e. The van der Waals surface area contributed by atoms with Crippen molar-refractivity contribution in [2.24, 2.45) is 5.73 Å². The first-order chi connectivity index (χ1) is 7.27. The Kier molecular flexibility index (Phi) is 3.05. The van der Waals surface area contributed by atoms with Crippen molar-refractivity contribution in [2.75, 3.05) is 0 Å². The molecule has 0 fully saturated rings. The molecule has 1 amide bonds. The van der Waals surface area contributed by atoms with Crippen LogP contribution in [0.3, 0.4) is 0 Å². The van der Waals surface area contributed by atoms with E-state index in [0.29, 0.717) is 5.56 Å². The van der Waals surface area contributed by atoms with Crippen LogP contribution in [0.4, 0.5) is 0 Å². The van der Waals surface area contributed by atoms with Gasteiger partial charge in [0, 0.05) is 5.56 Å². The summed E-state index contributed by atoms with van der Waals surface area (Å²) in [4.78, 5) is 11.1. The van der Waals surface area contributed by atoms with Crippen LogP contribution in [-0.2, 0) is 12.8 Å². The first-order valence-electron chi connectivity index (χ1n) is 5.69. The molecule has 1 aromatic rings. The minimum atomic E-state index is -0.320. The maximum atomic E-state index is 11.1. The minimum Gasteiger partial charge on any atom is -0.366 e. The van der Waals surface area contributed by atoms with E-state index in [0.717, 1.165) is 12.8 Å². The van der Waals surface area contributed by atoms with E-state index in [2.05, 4.69) is 6.07 Å². The van der Waals surface area contributed by atoms with Crippen molar-refractivity contribution >= 4 is 5.91 Å². The van der Waals surface area contributed by atoms with E-state index in [1.54, 1.807) is 0 Å². The predicted molar refractivity (Wildman–Crippen MR) is 60.8 cm³/mol. The van der Waals surface area contributed by atoms with E-state index >= 15 is 0 Å². The SMILES string of the molecule is NC(=O)c1ccc2c(c1)CCCCCC2. The van der Waals surface area contributed by atoms with Crippen LogP contribution in [0, 0.1) is 0 Å². The summed E-state index contributed by atoms with van der Waals surface area (Å²) in [6.07, 6.45) is 7.38. The van der Waals surface area contributed by atoms with Crippen molar-refractivity contribution < 1.29 is 4.79 Å². The van der Waals surface area contributed by atoms with Crippen molar-refractivity contribution in [3.8, 4) is 0 Å². The molecular formula is C13H17NO. The quantitative estimate of drug-likeness (QED) is 0.748. The Morgan fingerprint density at radius 3 is 2.33 bits per heavy atom. The lowest BCUT2D eigenvalue weighted by molar-refractivity contribution is 0.1000.